The Labute approximate surface area is 86.2 Å². The molecule has 2 aliphatic rings. The Hall–Kier alpha value is -0.120. The maximum Gasteiger partial charge on any atom is 0.0554 e. The van der Waals surface area contributed by atoms with Gasteiger partial charge in [-0.25, -0.2) is 0 Å². The highest BCUT2D eigenvalue weighted by Crippen LogP contribution is 2.26. The van der Waals surface area contributed by atoms with Crippen LogP contribution in [-0.2, 0) is 9.47 Å². The van der Waals surface area contributed by atoms with E-state index in [2.05, 4.69) is 19.2 Å². The molecule has 0 aromatic rings. The van der Waals surface area contributed by atoms with Crippen molar-refractivity contribution in [3.8, 4) is 0 Å². The Morgan fingerprint density at radius 1 is 1.43 bits per heavy atom. The molecular weight excluding hydrogens is 178 g/mol. The molecule has 0 aromatic heterocycles. The second-order valence-electron chi connectivity index (χ2n) is 5.10. The lowest BCUT2D eigenvalue weighted by atomic mass is 9.88. The highest BCUT2D eigenvalue weighted by atomic mass is 16.5. The lowest BCUT2D eigenvalue weighted by Gasteiger charge is -2.39. The smallest absolute Gasteiger partial charge is 0.0554 e. The van der Waals surface area contributed by atoms with Gasteiger partial charge in [-0.1, -0.05) is 6.92 Å². The van der Waals surface area contributed by atoms with Gasteiger partial charge in [-0.05, 0) is 19.3 Å². The summed E-state index contributed by atoms with van der Waals surface area (Å²) in [7, 11) is 0. The summed E-state index contributed by atoms with van der Waals surface area (Å²) in [5.41, 5.74) is 0.383. The molecule has 14 heavy (non-hydrogen) atoms. The molecule has 82 valence electrons. The van der Waals surface area contributed by atoms with Gasteiger partial charge in [0.05, 0.1) is 19.8 Å². The van der Waals surface area contributed by atoms with E-state index >= 15 is 0 Å². The van der Waals surface area contributed by atoms with E-state index in [0.29, 0.717) is 17.4 Å². The summed E-state index contributed by atoms with van der Waals surface area (Å²) in [4.78, 5) is 0. The molecule has 2 unspecified atom stereocenters. The van der Waals surface area contributed by atoms with Crippen molar-refractivity contribution in [3.63, 3.8) is 0 Å². The Kier molecular flexibility index (Phi) is 3.10. The van der Waals surface area contributed by atoms with Gasteiger partial charge in [0.2, 0.25) is 0 Å². The number of rotatable bonds is 4. The van der Waals surface area contributed by atoms with Gasteiger partial charge in [0.15, 0.2) is 0 Å². The van der Waals surface area contributed by atoms with Crippen LogP contribution in [-0.4, -0.2) is 39.0 Å². The fraction of sp³-hybridized carbons (Fsp3) is 1.00. The highest BCUT2D eigenvalue weighted by Gasteiger charge is 2.34. The molecule has 0 amide bonds. The fourth-order valence-corrected chi connectivity index (χ4v) is 2.07. The maximum absolute atomic E-state index is 5.39. The molecule has 2 heterocycles. The van der Waals surface area contributed by atoms with Crippen LogP contribution >= 0.6 is 0 Å². The van der Waals surface area contributed by atoms with Gasteiger partial charge in [0.25, 0.3) is 0 Å². The number of hydrogen-bond donors (Lipinski definition) is 1. The van der Waals surface area contributed by atoms with Gasteiger partial charge < -0.3 is 14.8 Å². The molecule has 0 aliphatic carbocycles. The summed E-state index contributed by atoms with van der Waals surface area (Å²) in [5.74, 6) is 0.708. The van der Waals surface area contributed by atoms with Crippen molar-refractivity contribution in [2.24, 2.45) is 11.3 Å². The van der Waals surface area contributed by atoms with E-state index in [4.69, 9.17) is 9.47 Å². The molecular formula is C11H21NO2. The van der Waals surface area contributed by atoms with E-state index in [1.807, 2.05) is 0 Å². The molecule has 0 radical (unpaired) electrons. The molecule has 0 saturated carbocycles. The summed E-state index contributed by atoms with van der Waals surface area (Å²) < 4.78 is 10.6. The number of nitrogens with one attached hydrogen (secondary N) is 1. The van der Waals surface area contributed by atoms with Crippen molar-refractivity contribution in [1.29, 1.82) is 0 Å². The average Bonchev–Trinajstić information content (AvgIpc) is 2.63. The molecule has 2 fully saturated rings. The third kappa shape index (κ3) is 2.27. The van der Waals surface area contributed by atoms with Crippen LogP contribution in [0.25, 0.3) is 0 Å². The first-order valence-corrected chi connectivity index (χ1v) is 5.58. The number of ether oxygens (including phenoxy) is 2. The molecule has 0 aromatic carbocycles. The Balaban J connectivity index is 1.68. The van der Waals surface area contributed by atoms with Crippen LogP contribution in [0.1, 0.15) is 20.3 Å². The zero-order valence-corrected chi connectivity index (χ0v) is 9.21. The fourth-order valence-electron chi connectivity index (χ4n) is 2.07. The molecule has 3 nitrogen and oxygen atoms in total. The summed E-state index contributed by atoms with van der Waals surface area (Å²) in [5, 5.41) is 3.61. The zero-order valence-electron chi connectivity index (χ0n) is 9.21. The van der Waals surface area contributed by atoms with Crippen LogP contribution in [0.5, 0.6) is 0 Å². The molecule has 0 bridgehead atoms. The normalized spacial score (nSPS) is 32.6. The minimum atomic E-state index is 0.383. The van der Waals surface area contributed by atoms with Crippen LogP contribution in [0.3, 0.4) is 0 Å². The molecule has 2 saturated heterocycles. The largest absolute Gasteiger partial charge is 0.381 e. The van der Waals surface area contributed by atoms with E-state index in [9.17, 15) is 0 Å². The second kappa shape index (κ2) is 4.17. The average molecular weight is 199 g/mol. The molecule has 1 N–H and O–H groups in total. The van der Waals surface area contributed by atoms with Gasteiger partial charge in [-0.15, -0.1) is 0 Å². The minimum Gasteiger partial charge on any atom is -0.381 e. The number of hydrogen-bond acceptors (Lipinski definition) is 3. The van der Waals surface area contributed by atoms with Crippen molar-refractivity contribution in [2.75, 3.05) is 33.0 Å². The topological polar surface area (TPSA) is 30.5 Å². The van der Waals surface area contributed by atoms with Crippen LogP contribution < -0.4 is 5.32 Å². The lowest BCUT2D eigenvalue weighted by Crippen LogP contribution is -2.50. The van der Waals surface area contributed by atoms with Crippen LogP contribution in [0.4, 0.5) is 0 Å². The molecule has 2 aliphatic heterocycles. The third-order valence-corrected chi connectivity index (χ3v) is 3.42. The van der Waals surface area contributed by atoms with E-state index in [1.165, 1.54) is 6.42 Å². The molecule has 2 rings (SSSR count). The monoisotopic (exact) mass is 199 g/mol. The first kappa shape index (κ1) is 10.4. The minimum absolute atomic E-state index is 0.383. The molecule has 3 heteroatoms. The predicted molar refractivity (Wildman–Crippen MR) is 55.3 cm³/mol. The lowest BCUT2D eigenvalue weighted by molar-refractivity contribution is -0.100. The predicted octanol–water partition coefficient (Wildman–Crippen LogP) is 1.04. The summed E-state index contributed by atoms with van der Waals surface area (Å²) >= 11 is 0. The van der Waals surface area contributed by atoms with Gasteiger partial charge in [-0.2, -0.15) is 0 Å². The van der Waals surface area contributed by atoms with E-state index < -0.39 is 0 Å². The van der Waals surface area contributed by atoms with Gasteiger partial charge >= 0.3 is 0 Å². The first-order chi connectivity index (χ1) is 6.70. The van der Waals surface area contributed by atoms with Crippen molar-refractivity contribution in [1.82, 2.24) is 5.32 Å². The SMILES string of the molecule is CC(NCC1(C)COC1)C1CCOC1. The Morgan fingerprint density at radius 2 is 2.21 bits per heavy atom. The summed E-state index contributed by atoms with van der Waals surface area (Å²) in [6.45, 7) is 9.31. The van der Waals surface area contributed by atoms with Crippen LogP contribution in [0, 0.1) is 11.3 Å². The van der Waals surface area contributed by atoms with E-state index in [1.54, 1.807) is 0 Å². The molecule has 0 spiro atoms. The summed E-state index contributed by atoms with van der Waals surface area (Å²) in [6, 6.07) is 0.579. The van der Waals surface area contributed by atoms with E-state index in [0.717, 1.165) is 33.0 Å². The van der Waals surface area contributed by atoms with Gasteiger partial charge in [0.1, 0.15) is 0 Å². The van der Waals surface area contributed by atoms with Crippen molar-refractivity contribution >= 4 is 0 Å². The van der Waals surface area contributed by atoms with Crippen LogP contribution in [0.15, 0.2) is 0 Å². The van der Waals surface area contributed by atoms with Crippen molar-refractivity contribution < 1.29 is 9.47 Å². The quantitative estimate of drug-likeness (QED) is 0.734. The van der Waals surface area contributed by atoms with Gasteiger partial charge in [-0.3, -0.25) is 0 Å². The second-order valence-corrected chi connectivity index (χ2v) is 5.10. The summed E-state index contributed by atoms with van der Waals surface area (Å²) in [6.07, 6.45) is 1.21. The highest BCUT2D eigenvalue weighted by molar-refractivity contribution is 4.85. The van der Waals surface area contributed by atoms with Crippen molar-refractivity contribution in [3.05, 3.63) is 0 Å². The zero-order chi connectivity index (χ0) is 10.0. The van der Waals surface area contributed by atoms with Crippen LogP contribution in [0.2, 0.25) is 0 Å². The maximum atomic E-state index is 5.39. The third-order valence-electron chi connectivity index (χ3n) is 3.42. The molecule has 2 atom stereocenters. The Bertz CT molecular complexity index is 186. The van der Waals surface area contributed by atoms with Gasteiger partial charge in [0, 0.05) is 24.6 Å². The standard InChI is InChI=1S/C11H21NO2/c1-9(10-3-4-13-5-10)12-6-11(2)7-14-8-11/h9-10,12H,3-8H2,1-2H3. The Morgan fingerprint density at radius 3 is 2.71 bits per heavy atom. The van der Waals surface area contributed by atoms with E-state index in [-0.39, 0.29) is 0 Å². The van der Waals surface area contributed by atoms with Crippen molar-refractivity contribution in [2.45, 2.75) is 26.3 Å². The first-order valence-electron chi connectivity index (χ1n) is 5.58.